The van der Waals surface area contributed by atoms with Crippen molar-refractivity contribution < 1.29 is 41.4 Å². The van der Waals surface area contributed by atoms with Crippen molar-refractivity contribution in [3.8, 4) is 5.88 Å². The smallest absolute Gasteiger partial charge is 0.475 e. The Morgan fingerprint density at radius 1 is 1.33 bits per heavy atom. The molecule has 0 aromatic carbocycles. The van der Waals surface area contributed by atoms with E-state index in [0.29, 0.717) is 6.61 Å². The van der Waals surface area contributed by atoms with Gasteiger partial charge in [0.2, 0.25) is 5.88 Å². The largest absolute Gasteiger partial charge is 0.490 e. The van der Waals surface area contributed by atoms with Gasteiger partial charge in [0, 0.05) is 31.8 Å². The molecule has 1 atom stereocenters. The zero-order valence-electron chi connectivity index (χ0n) is 15.8. The summed E-state index contributed by atoms with van der Waals surface area (Å²) in [6.45, 7) is 3.66. The molecule has 164 valence electrons. The fourth-order valence-electron chi connectivity index (χ4n) is 3.47. The van der Waals surface area contributed by atoms with E-state index < -0.39 is 18.0 Å². The average molecular weight is 432 g/mol. The topological polar surface area (TPSA) is 85.0 Å². The first kappa shape index (κ1) is 22.0. The number of pyridine rings is 1. The minimum absolute atomic E-state index is 0.0707. The lowest BCUT2D eigenvalue weighted by molar-refractivity contribution is -0.192. The minimum atomic E-state index is -5.08. The molecule has 2 saturated heterocycles. The van der Waals surface area contributed by atoms with Crippen LogP contribution in [0.5, 0.6) is 5.88 Å². The van der Waals surface area contributed by atoms with Crippen molar-refractivity contribution in [2.45, 2.75) is 24.7 Å². The summed E-state index contributed by atoms with van der Waals surface area (Å²) in [7, 11) is 0. The predicted octanol–water partition coefficient (Wildman–Crippen LogP) is 3.12. The van der Waals surface area contributed by atoms with E-state index in [1.807, 2.05) is 12.1 Å². The molecule has 1 spiro atoms. The number of furan rings is 1. The van der Waals surface area contributed by atoms with Crippen LogP contribution in [0.4, 0.5) is 17.6 Å². The van der Waals surface area contributed by atoms with Crippen LogP contribution in [-0.2, 0) is 16.1 Å². The Hall–Kier alpha value is -2.66. The van der Waals surface area contributed by atoms with Gasteiger partial charge in [-0.3, -0.25) is 4.90 Å². The summed E-state index contributed by atoms with van der Waals surface area (Å²) in [6.07, 6.45) is -0.925. The molecule has 0 aliphatic carbocycles. The van der Waals surface area contributed by atoms with Crippen molar-refractivity contribution in [2.75, 3.05) is 26.3 Å². The van der Waals surface area contributed by atoms with E-state index in [2.05, 4.69) is 9.88 Å². The third-order valence-corrected chi connectivity index (χ3v) is 4.93. The third kappa shape index (κ3) is 5.28. The molecule has 2 aliphatic rings. The number of aromatic nitrogens is 1. The highest BCUT2D eigenvalue weighted by Crippen LogP contribution is 2.40. The van der Waals surface area contributed by atoms with Gasteiger partial charge in [0.25, 0.3) is 0 Å². The number of hydrogen-bond acceptors (Lipinski definition) is 6. The molecule has 1 unspecified atom stereocenters. The number of hydrogen-bond donors (Lipinski definition) is 1. The van der Waals surface area contributed by atoms with Crippen LogP contribution in [0.2, 0.25) is 0 Å². The molecular weight excluding hydrogens is 412 g/mol. The van der Waals surface area contributed by atoms with E-state index in [1.54, 1.807) is 12.3 Å². The first-order valence-corrected chi connectivity index (χ1v) is 9.12. The quantitative estimate of drug-likeness (QED) is 0.727. The van der Waals surface area contributed by atoms with E-state index >= 15 is 0 Å². The van der Waals surface area contributed by atoms with Gasteiger partial charge in [-0.05, 0) is 30.7 Å². The zero-order chi connectivity index (χ0) is 21.8. The van der Waals surface area contributed by atoms with Gasteiger partial charge >= 0.3 is 12.1 Å². The summed E-state index contributed by atoms with van der Waals surface area (Å²) in [5.41, 5.74) is -0.169. The maximum atomic E-state index is 13.6. The number of rotatable bonds is 5. The fraction of sp³-hybridized carbons (Fsp3) is 0.474. The lowest BCUT2D eigenvalue weighted by Gasteiger charge is -2.49. The van der Waals surface area contributed by atoms with E-state index in [-0.39, 0.29) is 17.4 Å². The SMILES string of the molecule is Fc1cccnc1OCC1CCOC12CN(Cc1ccco1)C2.O=C(O)C(F)(F)F. The molecule has 0 bridgehead atoms. The van der Waals surface area contributed by atoms with Gasteiger partial charge in [-0.15, -0.1) is 0 Å². The monoisotopic (exact) mass is 432 g/mol. The van der Waals surface area contributed by atoms with Crippen molar-refractivity contribution in [2.24, 2.45) is 5.92 Å². The maximum Gasteiger partial charge on any atom is 0.490 e. The molecule has 11 heteroatoms. The Bertz CT molecular complexity index is 838. The number of ether oxygens (including phenoxy) is 2. The molecule has 2 fully saturated rings. The normalized spacial score (nSPS) is 20.3. The predicted molar refractivity (Wildman–Crippen MR) is 94.2 cm³/mol. The summed E-state index contributed by atoms with van der Waals surface area (Å²) in [5.74, 6) is -1.89. The first-order chi connectivity index (χ1) is 14.2. The molecule has 2 aromatic heterocycles. The zero-order valence-corrected chi connectivity index (χ0v) is 15.8. The number of halogens is 4. The Balaban J connectivity index is 0.000000318. The molecule has 1 N–H and O–H groups in total. The Labute approximate surface area is 169 Å². The van der Waals surface area contributed by atoms with Crippen molar-refractivity contribution in [1.29, 1.82) is 0 Å². The number of alkyl halides is 3. The second-order valence-corrected chi connectivity index (χ2v) is 7.03. The molecule has 7 nitrogen and oxygen atoms in total. The number of carbonyl (C=O) groups is 1. The van der Waals surface area contributed by atoms with Gasteiger partial charge in [-0.1, -0.05) is 0 Å². The van der Waals surface area contributed by atoms with Crippen molar-refractivity contribution in [3.05, 3.63) is 48.3 Å². The summed E-state index contributed by atoms with van der Waals surface area (Å²) < 4.78 is 62.3. The molecule has 0 saturated carbocycles. The average Bonchev–Trinajstić information content (AvgIpc) is 3.30. The first-order valence-electron chi connectivity index (χ1n) is 9.12. The number of carboxylic acids is 1. The number of likely N-dealkylation sites (tertiary alicyclic amines) is 1. The van der Waals surface area contributed by atoms with Gasteiger partial charge in [0.1, 0.15) is 5.76 Å². The summed E-state index contributed by atoms with van der Waals surface area (Å²) in [6, 6.07) is 6.79. The molecular formula is C19H20F4N2O5. The van der Waals surface area contributed by atoms with Crippen molar-refractivity contribution in [1.82, 2.24) is 9.88 Å². The molecule has 0 radical (unpaired) electrons. The van der Waals surface area contributed by atoms with Crippen molar-refractivity contribution in [3.63, 3.8) is 0 Å². The van der Waals surface area contributed by atoms with Crippen LogP contribution in [0.15, 0.2) is 41.1 Å². The van der Waals surface area contributed by atoms with E-state index in [1.165, 1.54) is 12.3 Å². The van der Waals surface area contributed by atoms with Crippen LogP contribution in [-0.4, -0.2) is 59.0 Å². The second kappa shape index (κ2) is 9.00. The Morgan fingerprint density at radius 2 is 2.07 bits per heavy atom. The maximum absolute atomic E-state index is 13.6. The van der Waals surface area contributed by atoms with Gasteiger partial charge in [0.05, 0.1) is 25.0 Å². The van der Waals surface area contributed by atoms with E-state index in [9.17, 15) is 17.6 Å². The minimum Gasteiger partial charge on any atom is -0.475 e. The van der Waals surface area contributed by atoms with Gasteiger partial charge in [0.15, 0.2) is 5.82 Å². The summed E-state index contributed by atoms with van der Waals surface area (Å²) in [4.78, 5) is 15.1. The number of nitrogens with zero attached hydrogens (tertiary/aromatic N) is 2. The van der Waals surface area contributed by atoms with E-state index in [0.717, 1.165) is 38.4 Å². The Morgan fingerprint density at radius 3 is 2.67 bits per heavy atom. The highest BCUT2D eigenvalue weighted by Gasteiger charge is 2.53. The number of aliphatic carboxylic acids is 1. The highest BCUT2D eigenvalue weighted by atomic mass is 19.4. The molecule has 0 amide bonds. The van der Waals surface area contributed by atoms with Crippen LogP contribution < -0.4 is 4.74 Å². The fourth-order valence-corrected chi connectivity index (χ4v) is 3.47. The second-order valence-electron chi connectivity index (χ2n) is 7.03. The van der Waals surface area contributed by atoms with Crippen LogP contribution >= 0.6 is 0 Å². The van der Waals surface area contributed by atoms with Crippen molar-refractivity contribution >= 4 is 5.97 Å². The van der Waals surface area contributed by atoms with Crippen LogP contribution in [0.25, 0.3) is 0 Å². The lowest BCUT2D eigenvalue weighted by Crippen LogP contribution is -2.64. The van der Waals surface area contributed by atoms with Crippen LogP contribution in [0.1, 0.15) is 12.2 Å². The van der Waals surface area contributed by atoms with Gasteiger partial charge < -0.3 is 19.0 Å². The molecule has 4 heterocycles. The molecule has 4 rings (SSSR count). The van der Waals surface area contributed by atoms with Gasteiger partial charge in [-0.2, -0.15) is 13.2 Å². The standard InChI is InChI=1S/C17H19FN2O3.C2HF3O2/c18-15-4-1-6-19-16(15)22-10-13-5-8-23-17(13)11-20(12-17)9-14-3-2-7-21-14;3-2(4,5)1(6)7/h1-4,6-7,13H,5,8-12H2;(H,6,7). The molecule has 2 aliphatic heterocycles. The van der Waals surface area contributed by atoms with Crippen LogP contribution in [0, 0.1) is 11.7 Å². The summed E-state index contributed by atoms with van der Waals surface area (Å²) in [5, 5.41) is 7.12. The van der Waals surface area contributed by atoms with E-state index in [4.69, 9.17) is 23.8 Å². The van der Waals surface area contributed by atoms with Gasteiger partial charge in [-0.25, -0.2) is 14.2 Å². The highest BCUT2D eigenvalue weighted by molar-refractivity contribution is 5.73. The summed E-state index contributed by atoms with van der Waals surface area (Å²) >= 11 is 0. The lowest BCUT2D eigenvalue weighted by atomic mass is 9.81. The number of carboxylic acid groups (broad SMARTS) is 1. The molecule has 30 heavy (non-hydrogen) atoms. The van der Waals surface area contributed by atoms with Crippen LogP contribution in [0.3, 0.4) is 0 Å². The Kier molecular flexibility index (Phi) is 6.61. The molecule has 2 aromatic rings. The third-order valence-electron chi connectivity index (χ3n) is 4.93.